The molecule has 2 nitrogen and oxygen atoms in total. The molecule has 0 aliphatic carbocycles. The van der Waals surface area contributed by atoms with Gasteiger partial charge >= 0.3 is 5.97 Å². The monoisotopic (exact) mass is 156 g/mol. The molecule has 0 aliphatic heterocycles. The number of hydrogen-bond acceptors (Lipinski definition) is 1. The molecule has 0 aromatic heterocycles. The van der Waals surface area contributed by atoms with E-state index in [4.69, 9.17) is 5.11 Å². The molecule has 0 rings (SSSR count). The maximum absolute atomic E-state index is 10.2. The van der Waals surface area contributed by atoms with E-state index in [0.29, 0.717) is 0 Å². The van der Waals surface area contributed by atoms with Crippen molar-refractivity contribution in [2.45, 2.75) is 26.7 Å². The summed E-state index contributed by atoms with van der Waals surface area (Å²) < 4.78 is 0. The van der Waals surface area contributed by atoms with Crippen molar-refractivity contribution in [3.8, 4) is 0 Å². The summed E-state index contributed by atoms with van der Waals surface area (Å²) in [6.45, 7) is 3.78. The number of rotatable bonds is 3. The fourth-order valence-electron chi connectivity index (χ4n) is 0.638. The molecule has 0 aromatic rings. The first-order valence-corrected chi connectivity index (χ1v) is 2.95. The zero-order chi connectivity index (χ0) is 6.57. The van der Waals surface area contributed by atoms with Crippen LogP contribution in [0.2, 0.25) is 0 Å². The van der Waals surface area contributed by atoms with Crippen molar-refractivity contribution in [2.24, 2.45) is 5.92 Å². The Bertz CT molecular complexity index is 79.1. The average Bonchev–Trinajstić information content (AvgIpc) is 1.69. The molecule has 0 amide bonds. The minimum absolute atomic E-state index is 0. The largest absolute Gasteiger partial charge is 0.481 e. The molecule has 0 unspecified atom stereocenters. The number of aliphatic carboxylic acids is 1. The molecule has 2 radical (unpaired) electrons. The molecule has 0 bridgehead atoms. The average molecular weight is 156 g/mol. The van der Waals surface area contributed by atoms with Gasteiger partial charge in [-0.1, -0.05) is 13.8 Å². The van der Waals surface area contributed by atoms with Gasteiger partial charge in [-0.25, -0.2) is 0 Å². The molecule has 1 N–H and O–H groups in total. The SMILES string of the molecule is CCC(CC)C(=O)O.[Ca]. The van der Waals surface area contributed by atoms with Crippen molar-refractivity contribution in [3.63, 3.8) is 0 Å². The van der Waals surface area contributed by atoms with Gasteiger partial charge in [0.1, 0.15) is 0 Å². The van der Waals surface area contributed by atoms with Crippen molar-refractivity contribution in [3.05, 3.63) is 0 Å². The van der Waals surface area contributed by atoms with Gasteiger partial charge in [-0.2, -0.15) is 0 Å². The van der Waals surface area contributed by atoms with Crippen LogP contribution in [0, 0.1) is 5.92 Å². The Hall–Kier alpha value is 0.730. The van der Waals surface area contributed by atoms with Crippen molar-refractivity contribution in [1.29, 1.82) is 0 Å². The predicted molar refractivity (Wildman–Crippen MR) is 37.5 cm³/mol. The summed E-state index contributed by atoms with van der Waals surface area (Å²) in [7, 11) is 0. The van der Waals surface area contributed by atoms with Crippen LogP contribution in [0.3, 0.4) is 0 Å². The first-order chi connectivity index (χ1) is 3.72. The van der Waals surface area contributed by atoms with E-state index < -0.39 is 5.97 Å². The quantitative estimate of drug-likeness (QED) is 0.622. The molecule has 9 heavy (non-hydrogen) atoms. The van der Waals surface area contributed by atoms with E-state index in [1.165, 1.54) is 0 Å². The van der Waals surface area contributed by atoms with Crippen LogP contribution in [0.4, 0.5) is 0 Å². The van der Waals surface area contributed by atoms with Gasteiger partial charge in [0.2, 0.25) is 0 Å². The first kappa shape index (κ1) is 12.4. The molecule has 0 heterocycles. The Morgan fingerprint density at radius 1 is 1.44 bits per heavy atom. The van der Waals surface area contributed by atoms with Crippen LogP contribution in [0.15, 0.2) is 0 Å². The van der Waals surface area contributed by atoms with Gasteiger partial charge in [-0.3, -0.25) is 4.79 Å². The van der Waals surface area contributed by atoms with Gasteiger partial charge in [0.25, 0.3) is 0 Å². The second-order valence-electron chi connectivity index (χ2n) is 1.85. The summed E-state index contributed by atoms with van der Waals surface area (Å²) in [5.41, 5.74) is 0. The van der Waals surface area contributed by atoms with E-state index in [1.54, 1.807) is 0 Å². The Labute approximate surface area is 85.6 Å². The summed E-state index contributed by atoms with van der Waals surface area (Å²) in [6, 6.07) is 0. The summed E-state index contributed by atoms with van der Waals surface area (Å²) in [4.78, 5) is 10.2. The maximum atomic E-state index is 10.2. The summed E-state index contributed by atoms with van der Waals surface area (Å²) in [6.07, 6.45) is 1.48. The first-order valence-electron chi connectivity index (χ1n) is 2.95. The van der Waals surface area contributed by atoms with E-state index in [0.717, 1.165) is 12.8 Å². The van der Waals surface area contributed by atoms with Crippen molar-refractivity contribution >= 4 is 43.7 Å². The van der Waals surface area contributed by atoms with E-state index in [9.17, 15) is 4.79 Å². The fraction of sp³-hybridized carbons (Fsp3) is 0.833. The molecule has 0 saturated carbocycles. The summed E-state index contributed by atoms with van der Waals surface area (Å²) >= 11 is 0. The molecule has 0 fully saturated rings. The summed E-state index contributed by atoms with van der Waals surface area (Å²) in [5, 5.41) is 8.37. The van der Waals surface area contributed by atoms with Crippen LogP contribution in [0.5, 0.6) is 0 Å². The predicted octanol–water partition coefficient (Wildman–Crippen LogP) is 1.13. The van der Waals surface area contributed by atoms with E-state index >= 15 is 0 Å². The third kappa shape index (κ3) is 5.19. The Kier molecular flexibility index (Phi) is 9.44. The zero-order valence-corrected chi connectivity index (χ0v) is 8.26. The third-order valence-electron chi connectivity index (χ3n) is 1.33. The van der Waals surface area contributed by atoms with Crippen LogP contribution < -0.4 is 0 Å². The molecule has 0 spiro atoms. The second kappa shape index (κ2) is 6.84. The van der Waals surface area contributed by atoms with Gasteiger partial charge in [0, 0.05) is 37.7 Å². The number of carboxylic acid groups (broad SMARTS) is 1. The van der Waals surface area contributed by atoms with Crippen LogP contribution in [0.25, 0.3) is 0 Å². The Balaban J connectivity index is 0. The van der Waals surface area contributed by atoms with Crippen molar-refractivity contribution < 1.29 is 9.90 Å². The number of carbonyl (C=O) groups is 1. The normalized spacial score (nSPS) is 8.78. The number of carboxylic acids is 1. The Morgan fingerprint density at radius 2 is 1.78 bits per heavy atom. The Morgan fingerprint density at radius 3 is 1.78 bits per heavy atom. The topological polar surface area (TPSA) is 37.3 Å². The van der Waals surface area contributed by atoms with E-state index in [2.05, 4.69) is 0 Å². The van der Waals surface area contributed by atoms with Crippen LogP contribution in [-0.2, 0) is 4.79 Å². The van der Waals surface area contributed by atoms with Crippen LogP contribution >= 0.6 is 0 Å². The molecular formula is C6H12CaO2. The molecule has 0 atom stereocenters. The van der Waals surface area contributed by atoms with Crippen molar-refractivity contribution in [1.82, 2.24) is 0 Å². The van der Waals surface area contributed by atoms with Crippen molar-refractivity contribution in [2.75, 3.05) is 0 Å². The number of hydrogen-bond donors (Lipinski definition) is 1. The smallest absolute Gasteiger partial charge is 0.306 e. The molecule has 0 aromatic carbocycles. The van der Waals surface area contributed by atoms with Gasteiger partial charge in [0.15, 0.2) is 0 Å². The molecule has 0 saturated heterocycles. The molecule has 3 heteroatoms. The van der Waals surface area contributed by atoms with Gasteiger partial charge in [-0.15, -0.1) is 0 Å². The minimum atomic E-state index is -0.671. The fourth-order valence-corrected chi connectivity index (χ4v) is 0.638. The van der Waals surface area contributed by atoms with Gasteiger partial charge in [-0.05, 0) is 12.8 Å². The van der Waals surface area contributed by atoms with E-state index in [1.807, 2.05) is 13.8 Å². The maximum Gasteiger partial charge on any atom is 0.306 e. The second-order valence-corrected chi connectivity index (χ2v) is 1.85. The standard InChI is InChI=1S/C6H12O2.Ca/c1-3-5(4-2)6(7)8;/h5H,3-4H2,1-2H3,(H,7,8);. The zero-order valence-electron chi connectivity index (χ0n) is 6.05. The van der Waals surface area contributed by atoms with Crippen LogP contribution in [0.1, 0.15) is 26.7 Å². The molecule has 0 aliphatic rings. The third-order valence-corrected chi connectivity index (χ3v) is 1.33. The molecular weight excluding hydrogens is 144 g/mol. The molecule has 50 valence electrons. The van der Waals surface area contributed by atoms with E-state index in [-0.39, 0.29) is 43.7 Å². The van der Waals surface area contributed by atoms with Gasteiger partial charge < -0.3 is 5.11 Å². The minimum Gasteiger partial charge on any atom is -0.481 e. The van der Waals surface area contributed by atoms with Gasteiger partial charge in [0.05, 0.1) is 5.92 Å². The summed E-state index contributed by atoms with van der Waals surface area (Å²) in [5.74, 6) is -0.801. The van der Waals surface area contributed by atoms with Crippen LogP contribution in [-0.4, -0.2) is 48.8 Å².